The summed E-state index contributed by atoms with van der Waals surface area (Å²) in [5.74, 6) is 1.33. The van der Waals surface area contributed by atoms with Crippen molar-refractivity contribution >= 4 is 21.8 Å². The van der Waals surface area contributed by atoms with Crippen LogP contribution in [0.15, 0.2) is 46.9 Å². The van der Waals surface area contributed by atoms with Crippen LogP contribution in [-0.4, -0.2) is 20.1 Å². The minimum Gasteiger partial charge on any atom is -0.493 e. The van der Waals surface area contributed by atoms with Crippen LogP contribution in [0.1, 0.15) is 30.5 Å². The zero-order chi connectivity index (χ0) is 17.5. The first-order valence-electron chi connectivity index (χ1n) is 7.83. The minimum atomic E-state index is -0.0653. The summed E-state index contributed by atoms with van der Waals surface area (Å²) < 4.78 is 11.6. The number of methoxy groups -OCH3 is 2. The topological polar surface area (TPSA) is 47.6 Å². The van der Waals surface area contributed by atoms with Crippen LogP contribution >= 0.6 is 15.9 Å². The zero-order valence-corrected chi connectivity index (χ0v) is 15.7. The molecular formula is C19H22BrNO3. The third kappa shape index (κ3) is 4.74. The van der Waals surface area contributed by atoms with E-state index < -0.39 is 0 Å². The van der Waals surface area contributed by atoms with E-state index in [1.165, 1.54) is 0 Å². The molecule has 0 fully saturated rings. The molecule has 0 aliphatic heterocycles. The number of halogens is 1. The molecular weight excluding hydrogens is 370 g/mol. The number of carbonyl (C=O) groups is 1. The molecule has 2 aromatic carbocycles. The fourth-order valence-corrected chi connectivity index (χ4v) is 3.01. The summed E-state index contributed by atoms with van der Waals surface area (Å²) in [7, 11) is 3.21. The minimum absolute atomic E-state index is 0.00488. The number of ether oxygens (including phenoxy) is 2. The number of nitrogens with one attached hydrogen (secondary N) is 1. The Kier molecular flexibility index (Phi) is 6.67. The Morgan fingerprint density at radius 3 is 2.50 bits per heavy atom. The smallest absolute Gasteiger partial charge is 0.224 e. The Bertz CT molecular complexity index is 703. The first-order valence-corrected chi connectivity index (χ1v) is 8.62. The second-order valence-corrected chi connectivity index (χ2v) is 6.37. The fourth-order valence-electron chi connectivity index (χ4n) is 2.57. The third-order valence-corrected chi connectivity index (χ3v) is 4.30. The SMILES string of the molecule is CCC(NC(=O)Cc1cccc(Br)c1)c1ccc(OC)c(OC)c1. The summed E-state index contributed by atoms with van der Waals surface area (Å²) in [6.45, 7) is 2.04. The van der Waals surface area contributed by atoms with Gasteiger partial charge in [0, 0.05) is 4.47 Å². The highest BCUT2D eigenvalue weighted by molar-refractivity contribution is 9.10. The largest absolute Gasteiger partial charge is 0.493 e. The van der Waals surface area contributed by atoms with Gasteiger partial charge in [0.25, 0.3) is 0 Å². The summed E-state index contributed by atoms with van der Waals surface area (Å²) in [6, 6.07) is 13.4. The van der Waals surface area contributed by atoms with Crippen LogP contribution in [0.2, 0.25) is 0 Å². The van der Waals surface area contributed by atoms with E-state index in [1.54, 1.807) is 14.2 Å². The van der Waals surface area contributed by atoms with Gasteiger partial charge in [0.1, 0.15) is 0 Å². The van der Waals surface area contributed by atoms with Gasteiger partial charge in [0.05, 0.1) is 26.7 Å². The molecule has 1 atom stereocenters. The monoisotopic (exact) mass is 391 g/mol. The summed E-state index contributed by atoms with van der Waals surface area (Å²) in [5.41, 5.74) is 1.97. The molecule has 5 heteroatoms. The molecule has 0 saturated heterocycles. The van der Waals surface area contributed by atoms with Crippen molar-refractivity contribution in [2.45, 2.75) is 25.8 Å². The Labute approximate surface area is 151 Å². The van der Waals surface area contributed by atoms with Crippen LogP contribution in [0.25, 0.3) is 0 Å². The fraction of sp³-hybridized carbons (Fsp3) is 0.316. The van der Waals surface area contributed by atoms with Crippen molar-refractivity contribution in [3.05, 3.63) is 58.1 Å². The maximum absolute atomic E-state index is 12.4. The molecule has 1 amide bonds. The molecule has 0 heterocycles. The number of hydrogen-bond acceptors (Lipinski definition) is 3. The van der Waals surface area contributed by atoms with Crippen LogP contribution in [0.3, 0.4) is 0 Å². The Morgan fingerprint density at radius 1 is 1.12 bits per heavy atom. The number of carbonyl (C=O) groups excluding carboxylic acids is 1. The molecule has 2 aromatic rings. The van der Waals surface area contributed by atoms with Gasteiger partial charge in [-0.05, 0) is 41.8 Å². The third-order valence-electron chi connectivity index (χ3n) is 3.81. The number of benzene rings is 2. The van der Waals surface area contributed by atoms with Gasteiger partial charge >= 0.3 is 0 Å². The van der Waals surface area contributed by atoms with E-state index in [1.807, 2.05) is 49.4 Å². The number of amides is 1. The van der Waals surface area contributed by atoms with Gasteiger partial charge < -0.3 is 14.8 Å². The first kappa shape index (κ1) is 18.3. The van der Waals surface area contributed by atoms with E-state index >= 15 is 0 Å². The normalized spacial score (nSPS) is 11.7. The van der Waals surface area contributed by atoms with Gasteiger partial charge in [-0.25, -0.2) is 0 Å². The highest BCUT2D eigenvalue weighted by Crippen LogP contribution is 2.30. The summed E-state index contributed by atoms with van der Waals surface area (Å²) >= 11 is 3.43. The molecule has 0 aliphatic carbocycles. The first-order chi connectivity index (χ1) is 11.6. The van der Waals surface area contributed by atoms with Crippen molar-refractivity contribution in [1.29, 1.82) is 0 Å². The summed E-state index contributed by atoms with van der Waals surface area (Å²) in [5, 5.41) is 3.09. The highest BCUT2D eigenvalue weighted by atomic mass is 79.9. The number of hydrogen-bond donors (Lipinski definition) is 1. The second kappa shape index (κ2) is 8.73. The molecule has 1 N–H and O–H groups in total. The van der Waals surface area contributed by atoms with Gasteiger partial charge in [-0.3, -0.25) is 4.79 Å². The van der Waals surface area contributed by atoms with Gasteiger partial charge in [-0.2, -0.15) is 0 Å². The lowest BCUT2D eigenvalue weighted by atomic mass is 10.0. The Balaban J connectivity index is 2.09. The molecule has 24 heavy (non-hydrogen) atoms. The molecule has 0 bridgehead atoms. The van der Waals surface area contributed by atoms with Crippen LogP contribution in [-0.2, 0) is 11.2 Å². The van der Waals surface area contributed by atoms with Crippen molar-refractivity contribution in [1.82, 2.24) is 5.32 Å². The average molecular weight is 392 g/mol. The molecule has 0 spiro atoms. The molecule has 0 aliphatic rings. The molecule has 0 radical (unpaired) electrons. The van der Waals surface area contributed by atoms with E-state index in [-0.39, 0.29) is 11.9 Å². The van der Waals surface area contributed by atoms with Crippen LogP contribution in [0.5, 0.6) is 11.5 Å². The molecule has 4 nitrogen and oxygen atoms in total. The van der Waals surface area contributed by atoms with Crippen LogP contribution in [0.4, 0.5) is 0 Å². The standard InChI is InChI=1S/C19H22BrNO3/c1-4-16(14-8-9-17(23-2)18(12-14)24-3)21-19(22)11-13-6-5-7-15(20)10-13/h5-10,12,16H,4,11H2,1-3H3,(H,21,22). The van der Waals surface area contributed by atoms with E-state index in [9.17, 15) is 4.79 Å². The highest BCUT2D eigenvalue weighted by Gasteiger charge is 2.15. The van der Waals surface area contributed by atoms with Crippen LogP contribution in [0, 0.1) is 0 Å². The van der Waals surface area contributed by atoms with Gasteiger partial charge in [0.15, 0.2) is 11.5 Å². The number of rotatable bonds is 7. The lowest BCUT2D eigenvalue weighted by Crippen LogP contribution is -2.29. The predicted molar refractivity (Wildman–Crippen MR) is 98.6 cm³/mol. The van der Waals surface area contributed by atoms with Gasteiger partial charge in [-0.15, -0.1) is 0 Å². The van der Waals surface area contributed by atoms with Crippen molar-refractivity contribution in [2.75, 3.05) is 14.2 Å². The summed E-state index contributed by atoms with van der Waals surface area (Å²) in [4.78, 5) is 12.4. The van der Waals surface area contributed by atoms with Crippen molar-refractivity contribution in [3.63, 3.8) is 0 Å². The zero-order valence-electron chi connectivity index (χ0n) is 14.1. The van der Waals surface area contributed by atoms with Gasteiger partial charge in [-0.1, -0.05) is 41.1 Å². The summed E-state index contributed by atoms with van der Waals surface area (Å²) in [6.07, 6.45) is 1.14. The van der Waals surface area contributed by atoms with Crippen molar-refractivity contribution in [3.8, 4) is 11.5 Å². The molecule has 0 aromatic heterocycles. The maximum Gasteiger partial charge on any atom is 0.224 e. The van der Waals surface area contributed by atoms with E-state index in [0.717, 1.165) is 22.0 Å². The van der Waals surface area contributed by atoms with E-state index in [2.05, 4.69) is 21.2 Å². The van der Waals surface area contributed by atoms with Gasteiger partial charge in [0.2, 0.25) is 5.91 Å². The van der Waals surface area contributed by atoms with E-state index in [4.69, 9.17) is 9.47 Å². The van der Waals surface area contributed by atoms with E-state index in [0.29, 0.717) is 17.9 Å². The molecule has 2 rings (SSSR count). The molecule has 128 valence electrons. The Morgan fingerprint density at radius 2 is 1.88 bits per heavy atom. The maximum atomic E-state index is 12.4. The average Bonchev–Trinajstić information content (AvgIpc) is 2.59. The lowest BCUT2D eigenvalue weighted by Gasteiger charge is -2.19. The molecule has 1 unspecified atom stereocenters. The second-order valence-electron chi connectivity index (χ2n) is 5.45. The van der Waals surface area contributed by atoms with Crippen molar-refractivity contribution in [2.24, 2.45) is 0 Å². The van der Waals surface area contributed by atoms with Crippen molar-refractivity contribution < 1.29 is 14.3 Å². The quantitative estimate of drug-likeness (QED) is 0.765. The lowest BCUT2D eigenvalue weighted by molar-refractivity contribution is -0.121. The van der Waals surface area contributed by atoms with Crippen LogP contribution < -0.4 is 14.8 Å². The Hall–Kier alpha value is -2.01. The predicted octanol–water partition coefficient (Wildman–Crippen LogP) is 4.28. The molecule has 0 saturated carbocycles.